The maximum Gasteiger partial charge on any atom is 0.323 e. The molecular weight excluding hydrogens is 362 g/mol. The highest BCUT2D eigenvalue weighted by atomic mass is 16.2. The molecule has 0 spiro atoms. The molecule has 146 valence electrons. The van der Waals surface area contributed by atoms with Crippen LogP contribution < -0.4 is 16.0 Å². The zero-order valence-corrected chi connectivity index (χ0v) is 16.2. The van der Waals surface area contributed by atoms with Crippen LogP contribution in [0.3, 0.4) is 0 Å². The Morgan fingerprint density at radius 3 is 2.24 bits per heavy atom. The second-order valence-corrected chi connectivity index (χ2v) is 6.61. The summed E-state index contributed by atoms with van der Waals surface area (Å²) in [4.78, 5) is 24.2. The first-order valence-electron chi connectivity index (χ1n) is 9.33. The van der Waals surface area contributed by atoms with Gasteiger partial charge in [-0.25, -0.2) is 4.79 Å². The Bertz CT molecular complexity index is 1010. The molecule has 3 aromatic carbocycles. The fourth-order valence-electron chi connectivity index (χ4n) is 2.76. The number of rotatable bonds is 6. The topological polar surface area (TPSA) is 70.2 Å². The van der Waals surface area contributed by atoms with E-state index in [2.05, 4.69) is 16.0 Å². The van der Waals surface area contributed by atoms with Crippen LogP contribution in [-0.4, -0.2) is 11.9 Å². The van der Waals surface area contributed by atoms with Crippen LogP contribution in [0.5, 0.6) is 0 Å². The molecule has 0 aliphatic rings. The minimum absolute atomic E-state index is 0.176. The van der Waals surface area contributed by atoms with Crippen molar-refractivity contribution in [2.75, 3.05) is 10.6 Å². The van der Waals surface area contributed by atoms with Gasteiger partial charge in [0.25, 0.3) is 0 Å². The van der Waals surface area contributed by atoms with Crippen LogP contribution in [-0.2, 0) is 11.3 Å². The summed E-state index contributed by atoms with van der Waals surface area (Å²) in [5.74, 6) is -0.176. The molecule has 3 amide bonds. The zero-order valence-electron chi connectivity index (χ0n) is 16.2. The summed E-state index contributed by atoms with van der Waals surface area (Å²) in [6.07, 6.45) is 3.27. The van der Waals surface area contributed by atoms with Gasteiger partial charge in [-0.2, -0.15) is 0 Å². The van der Waals surface area contributed by atoms with Crippen molar-refractivity contribution >= 4 is 29.4 Å². The van der Waals surface area contributed by atoms with Gasteiger partial charge in [-0.15, -0.1) is 0 Å². The maximum absolute atomic E-state index is 12.2. The van der Waals surface area contributed by atoms with Crippen LogP contribution in [0.1, 0.15) is 16.7 Å². The van der Waals surface area contributed by atoms with E-state index in [0.717, 1.165) is 22.4 Å². The van der Waals surface area contributed by atoms with Crippen molar-refractivity contribution in [1.82, 2.24) is 5.32 Å². The molecule has 0 fully saturated rings. The lowest BCUT2D eigenvalue weighted by Crippen LogP contribution is -2.21. The SMILES string of the molecule is Cc1cccc(NC(=O)Nc2cccc(CNC(=O)/C=C/c3ccccc3)c2)c1. The lowest BCUT2D eigenvalue weighted by atomic mass is 10.2. The number of benzene rings is 3. The molecule has 0 bridgehead atoms. The van der Waals surface area contributed by atoms with Gasteiger partial charge in [0, 0.05) is 24.0 Å². The number of anilines is 2. The molecule has 5 nitrogen and oxygen atoms in total. The predicted octanol–water partition coefficient (Wildman–Crippen LogP) is 4.97. The van der Waals surface area contributed by atoms with Crippen LogP contribution >= 0.6 is 0 Å². The van der Waals surface area contributed by atoms with Gasteiger partial charge < -0.3 is 16.0 Å². The molecule has 0 saturated carbocycles. The predicted molar refractivity (Wildman–Crippen MR) is 118 cm³/mol. The van der Waals surface area contributed by atoms with E-state index in [4.69, 9.17) is 0 Å². The van der Waals surface area contributed by atoms with Crippen molar-refractivity contribution in [3.05, 3.63) is 102 Å². The summed E-state index contributed by atoms with van der Waals surface area (Å²) in [6, 6.07) is 24.3. The number of urea groups is 1. The Balaban J connectivity index is 1.52. The average Bonchev–Trinajstić information content (AvgIpc) is 2.72. The molecule has 0 unspecified atom stereocenters. The third-order valence-corrected chi connectivity index (χ3v) is 4.15. The van der Waals surface area contributed by atoms with Gasteiger partial charge in [0.1, 0.15) is 0 Å². The third-order valence-electron chi connectivity index (χ3n) is 4.15. The van der Waals surface area contributed by atoms with E-state index in [0.29, 0.717) is 12.2 Å². The highest BCUT2D eigenvalue weighted by molar-refractivity contribution is 5.99. The summed E-state index contributed by atoms with van der Waals surface area (Å²) in [5.41, 5.74) is 4.31. The molecule has 0 aliphatic carbocycles. The molecule has 0 aromatic heterocycles. The Labute approximate surface area is 170 Å². The van der Waals surface area contributed by atoms with Gasteiger partial charge in [0.2, 0.25) is 5.91 Å². The molecule has 3 aromatic rings. The number of hydrogen-bond donors (Lipinski definition) is 3. The monoisotopic (exact) mass is 385 g/mol. The van der Waals surface area contributed by atoms with Crippen molar-refractivity contribution in [3.8, 4) is 0 Å². The van der Waals surface area contributed by atoms with Crippen molar-refractivity contribution in [1.29, 1.82) is 0 Å². The lowest BCUT2D eigenvalue weighted by Gasteiger charge is -2.10. The fraction of sp³-hybridized carbons (Fsp3) is 0.0833. The molecule has 3 N–H and O–H groups in total. The Morgan fingerprint density at radius 1 is 0.828 bits per heavy atom. The molecular formula is C24H23N3O2. The normalized spacial score (nSPS) is 10.5. The Morgan fingerprint density at radius 2 is 1.52 bits per heavy atom. The second kappa shape index (κ2) is 9.90. The van der Waals surface area contributed by atoms with Crippen LogP contribution in [0, 0.1) is 6.92 Å². The largest absolute Gasteiger partial charge is 0.348 e. The minimum atomic E-state index is -0.317. The summed E-state index contributed by atoms with van der Waals surface area (Å²) < 4.78 is 0. The highest BCUT2D eigenvalue weighted by Crippen LogP contribution is 2.13. The van der Waals surface area contributed by atoms with E-state index < -0.39 is 0 Å². The molecule has 3 rings (SSSR count). The first-order valence-corrected chi connectivity index (χ1v) is 9.33. The maximum atomic E-state index is 12.2. The molecule has 0 atom stereocenters. The summed E-state index contributed by atoms with van der Waals surface area (Å²) in [7, 11) is 0. The van der Waals surface area contributed by atoms with Gasteiger partial charge >= 0.3 is 6.03 Å². The summed E-state index contributed by atoms with van der Waals surface area (Å²) in [5, 5.41) is 8.45. The van der Waals surface area contributed by atoms with Crippen molar-refractivity contribution in [2.24, 2.45) is 0 Å². The van der Waals surface area contributed by atoms with Crippen LogP contribution in [0.4, 0.5) is 16.2 Å². The fourth-order valence-corrected chi connectivity index (χ4v) is 2.76. The first-order chi connectivity index (χ1) is 14.1. The van der Waals surface area contributed by atoms with Crippen molar-refractivity contribution in [2.45, 2.75) is 13.5 Å². The van der Waals surface area contributed by atoms with Crippen LogP contribution in [0.25, 0.3) is 6.08 Å². The standard InChI is InChI=1S/C24H23N3O2/c1-18-7-5-11-21(15-18)26-24(29)27-22-12-6-10-20(16-22)17-25-23(28)14-13-19-8-3-2-4-9-19/h2-16H,17H2,1H3,(H,25,28)(H2,26,27,29)/b14-13+. The van der Waals surface area contributed by atoms with E-state index in [1.54, 1.807) is 12.1 Å². The van der Waals surface area contributed by atoms with Crippen molar-refractivity contribution in [3.63, 3.8) is 0 Å². The molecule has 0 saturated heterocycles. The van der Waals surface area contributed by atoms with E-state index in [1.165, 1.54) is 6.08 Å². The van der Waals surface area contributed by atoms with E-state index in [-0.39, 0.29) is 11.9 Å². The Kier molecular flexibility index (Phi) is 6.79. The summed E-state index contributed by atoms with van der Waals surface area (Å²) >= 11 is 0. The van der Waals surface area contributed by atoms with Crippen molar-refractivity contribution < 1.29 is 9.59 Å². The lowest BCUT2D eigenvalue weighted by molar-refractivity contribution is -0.116. The quantitative estimate of drug-likeness (QED) is 0.524. The van der Waals surface area contributed by atoms with Gasteiger partial charge in [-0.1, -0.05) is 54.6 Å². The van der Waals surface area contributed by atoms with E-state index in [9.17, 15) is 9.59 Å². The zero-order chi connectivity index (χ0) is 20.5. The van der Waals surface area contributed by atoms with Gasteiger partial charge in [0.15, 0.2) is 0 Å². The first kappa shape index (κ1) is 19.9. The minimum Gasteiger partial charge on any atom is -0.348 e. The van der Waals surface area contributed by atoms with E-state index >= 15 is 0 Å². The van der Waals surface area contributed by atoms with Crippen LogP contribution in [0.2, 0.25) is 0 Å². The number of carbonyl (C=O) groups is 2. The molecule has 29 heavy (non-hydrogen) atoms. The number of nitrogens with one attached hydrogen (secondary N) is 3. The smallest absolute Gasteiger partial charge is 0.323 e. The Hall–Kier alpha value is -3.86. The number of amides is 3. The van der Waals surface area contributed by atoms with Crippen LogP contribution in [0.15, 0.2) is 84.9 Å². The van der Waals surface area contributed by atoms with Gasteiger partial charge in [-0.05, 0) is 54.0 Å². The second-order valence-electron chi connectivity index (χ2n) is 6.61. The van der Waals surface area contributed by atoms with Gasteiger partial charge in [-0.3, -0.25) is 4.79 Å². The number of carbonyl (C=O) groups excluding carboxylic acids is 2. The molecule has 0 heterocycles. The summed E-state index contributed by atoms with van der Waals surface area (Å²) in [6.45, 7) is 2.34. The average molecular weight is 385 g/mol. The highest BCUT2D eigenvalue weighted by Gasteiger charge is 2.04. The third kappa shape index (κ3) is 6.66. The number of aryl methyl sites for hydroxylation is 1. The molecule has 5 heteroatoms. The number of hydrogen-bond acceptors (Lipinski definition) is 2. The molecule has 0 radical (unpaired) electrons. The van der Waals surface area contributed by atoms with E-state index in [1.807, 2.05) is 79.7 Å². The van der Waals surface area contributed by atoms with Gasteiger partial charge in [0.05, 0.1) is 0 Å². The molecule has 0 aliphatic heterocycles.